The van der Waals surface area contributed by atoms with Crippen molar-refractivity contribution in [3.63, 3.8) is 0 Å². The van der Waals surface area contributed by atoms with E-state index in [1.165, 1.54) is 64.3 Å². The fourth-order valence-electron chi connectivity index (χ4n) is 9.37. The topological polar surface area (TPSA) is 23.5 Å². The van der Waals surface area contributed by atoms with Crippen molar-refractivity contribution in [2.45, 2.75) is 117 Å². The molecule has 9 atom stereocenters. The van der Waals surface area contributed by atoms with Crippen molar-refractivity contribution >= 4 is 0 Å². The maximum absolute atomic E-state index is 10.5. The minimum atomic E-state index is -0.0755. The van der Waals surface area contributed by atoms with Crippen LogP contribution >= 0.6 is 0 Å². The molecule has 5 rings (SSSR count). The van der Waals surface area contributed by atoms with Crippen molar-refractivity contribution in [1.29, 1.82) is 0 Å². The molecule has 2 nitrogen and oxygen atoms in total. The highest BCUT2D eigenvalue weighted by Gasteiger charge is 2.63. The Labute approximate surface area is 180 Å². The third kappa shape index (κ3) is 2.90. The van der Waals surface area contributed by atoms with Gasteiger partial charge in [-0.2, -0.15) is 0 Å². The van der Waals surface area contributed by atoms with Gasteiger partial charge in [0.25, 0.3) is 0 Å². The summed E-state index contributed by atoms with van der Waals surface area (Å²) in [5.41, 5.74) is 0.974. The van der Waals surface area contributed by atoms with E-state index in [9.17, 15) is 5.11 Å². The smallest absolute Gasteiger partial charge is 0.0568 e. The summed E-state index contributed by atoms with van der Waals surface area (Å²) >= 11 is 0. The number of piperidine rings is 2. The Hall–Kier alpha value is -0.520. The monoisotopic (exact) mass is 399 g/mol. The number of terminal acetylenes is 1. The van der Waals surface area contributed by atoms with Crippen molar-refractivity contribution in [2.75, 3.05) is 6.54 Å². The van der Waals surface area contributed by atoms with Crippen molar-refractivity contribution in [2.24, 2.45) is 34.5 Å². The molecule has 0 aromatic rings. The number of aliphatic hydroxyl groups excluding tert-OH is 1. The molecule has 0 aromatic carbocycles. The molecular formula is C27H45NO. The fourth-order valence-corrected chi connectivity index (χ4v) is 9.37. The molecule has 5 aliphatic rings. The number of aliphatic hydroxyl groups is 1. The van der Waals surface area contributed by atoms with Crippen LogP contribution in [0.4, 0.5) is 0 Å². The summed E-state index contributed by atoms with van der Waals surface area (Å²) in [6, 6.07) is 0.727. The van der Waals surface area contributed by atoms with Crippen LogP contribution in [0.2, 0.25) is 0 Å². The highest BCUT2D eigenvalue weighted by atomic mass is 16.3. The van der Waals surface area contributed by atoms with E-state index in [1.807, 2.05) is 13.8 Å². The summed E-state index contributed by atoms with van der Waals surface area (Å²) in [4.78, 5) is 2.98. The third-order valence-electron chi connectivity index (χ3n) is 10.8. The van der Waals surface area contributed by atoms with Crippen LogP contribution in [0.1, 0.15) is 98.8 Å². The second kappa shape index (κ2) is 7.56. The standard InChI is InChI=1S/C25H39NO.C2H6/c1-5-25-12-6-7-19(25)20-8-9-22-23(3)13-11-21(27)17(2)18(23)10-14-24(22,4)26(20)16-15-25;1-2/h1,17-22,27H,6-16H2,2-4H3;1-2H3. The van der Waals surface area contributed by atoms with Crippen molar-refractivity contribution in [3.8, 4) is 12.3 Å². The Morgan fingerprint density at radius 1 is 0.931 bits per heavy atom. The van der Waals surface area contributed by atoms with Gasteiger partial charge in [0.1, 0.15) is 0 Å². The van der Waals surface area contributed by atoms with Crippen molar-refractivity contribution < 1.29 is 5.11 Å². The zero-order chi connectivity index (χ0) is 21.0. The number of hydrogen-bond donors (Lipinski definition) is 1. The molecular weight excluding hydrogens is 354 g/mol. The number of hydrogen-bond acceptors (Lipinski definition) is 2. The lowest BCUT2D eigenvalue weighted by Gasteiger charge is -2.68. The summed E-state index contributed by atoms with van der Waals surface area (Å²) in [5, 5.41) is 10.5. The lowest BCUT2D eigenvalue weighted by Crippen LogP contribution is -2.70. The Morgan fingerprint density at radius 2 is 1.69 bits per heavy atom. The molecule has 0 radical (unpaired) electrons. The maximum Gasteiger partial charge on any atom is 0.0568 e. The van der Waals surface area contributed by atoms with Crippen LogP contribution in [-0.2, 0) is 0 Å². The highest BCUT2D eigenvalue weighted by molar-refractivity contribution is 5.21. The lowest BCUT2D eigenvalue weighted by atomic mass is 9.45. The summed E-state index contributed by atoms with van der Waals surface area (Å²) in [5.74, 6) is 6.01. The molecule has 1 N–H and O–H groups in total. The van der Waals surface area contributed by atoms with E-state index in [1.54, 1.807) is 0 Å². The fraction of sp³-hybridized carbons (Fsp3) is 0.926. The van der Waals surface area contributed by atoms with Crippen LogP contribution in [0, 0.1) is 46.8 Å². The largest absolute Gasteiger partial charge is 0.393 e. The number of rotatable bonds is 0. The summed E-state index contributed by atoms with van der Waals surface area (Å²) in [6.45, 7) is 12.7. The van der Waals surface area contributed by atoms with Crippen molar-refractivity contribution in [1.82, 2.24) is 4.90 Å². The first kappa shape index (κ1) is 21.7. The Balaban J connectivity index is 0.000000994. The van der Waals surface area contributed by atoms with Gasteiger partial charge in [-0.1, -0.05) is 40.0 Å². The SMILES string of the molecule is C#CC12CCCC1C1CCC3C4(C)CCC(O)C(C)C4CCC3(C)N1CC2.CC. The normalized spacial score (nSPS) is 54.0. The molecule has 0 amide bonds. The average molecular weight is 400 g/mol. The molecule has 0 aromatic heterocycles. The van der Waals surface area contributed by atoms with Gasteiger partial charge in [0.15, 0.2) is 0 Å². The zero-order valence-electron chi connectivity index (χ0n) is 19.7. The number of nitrogens with zero attached hydrogens (tertiary/aromatic N) is 1. The molecule has 5 fully saturated rings. The molecule has 3 saturated carbocycles. The van der Waals surface area contributed by atoms with E-state index in [2.05, 4.69) is 31.6 Å². The molecule has 3 aliphatic carbocycles. The molecule has 2 saturated heterocycles. The van der Waals surface area contributed by atoms with Crippen LogP contribution in [0.15, 0.2) is 0 Å². The first-order valence-electron chi connectivity index (χ1n) is 12.8. The zero-order valence-corrected chi connectivity index (χ0v) is 19.7. The Morgan fingerprint density at radius 3 is 2.41 bits per heavy atom. The van der Waals surface area contributed by atoms with Crippen LogP contribution in [-0.4, -0.2) is 34.2 Å². The van der Waals surface area contributed by atoms with E-state index in [-0.39, 0.29) is 11.5 Å². The summed E-state index contributed by atoms with van der Waals surface area (Å²) < 4.78 is 0. The van der Waals surface area contributed by atoms with E-state index in [0.29, 0.717) is 22.8 Å². The van der Waals surface area contributed by atoms with Gasteiger partial charge in [-0.15, -0.1) is 6.42 Å². The van der Waals surface area contributed by atoms with E-state index in [4.69, 9.17) is 6.42 Å². The molecule has 9 unspecified atom stereocenters. The number of fused-ring (bicyclic) bond motifs is 7. The quantitative estimate of drug-likeness (QED) is 0.514. The van der Waals surface area contributed by atoms with Gasteiger partial charge in [0.05, 0.1) is 6.10 Å². The molecule has 29 heavy (non-hydrogen) atoms. The average Bonchev–Trinajstić information content (AvgIpc) is 3.17. The minimum Gasteiger partial charge on any atom is -0.393 e. The summed E-state index contributed by atoms with van der Waals surface area (Å²) in [6.07, 6.45) is 18.8. The third-order valence-corrected chi connectivity index (χ3v) is 10.8. The van der Waals surface area contributed by atoms with E-state index < -0.39 is 0 Å². The molecule has 2 aliphatic heterocycles. The van der Waals surface area contributed by atoms with Gasteiger partial charge in [0.2, 0.25) is 0 Å². The maximum atomic E-state index is 10.5. The molecule has 0 bridgehead atoms. The van der Waals surface area contributed by atoms with Crippen LogP contribution in [0.25, 0.3) is 0 Å². The summed E-state index contributed by atoms with van der Waals surface area (Å²) in [7, 11) is 0. The second-order valence-corrected chi connectivity index (χ2v) is 11.4. The van der Waals surface area contributed by atoms with Gasteiger partial charge in [-0.25, -0.2) is 0 Å². The van der Waals surface area contributed by atoms with E-state index >= 15 is 0 Å². The predicted molar refractivity (Wildman–Crippen MR) is 121 cm³/mol. The Kier molecular flexibility index (Phi) is 5.66. The van der Waals surface area contributed by atoms with Crippen LogP contribution in [0.5, 0.6) is 0 Å². The second-order valence-electron chi connectivity index (χ2n) is 11.4. The molecule has 2 heterocycles. The Bertz CT molecular complexity index is 653. The lowest BCUT2D eigenvalue weighted by molar-refractivity contribution is -0.192. The molecule has 164 valence electrons. The molecule has 0 spiro atoms. The van der Waals surface area contributed by atoms with Gasteiger partial charge < -0.3 is 5.11 Å². The van der Waals surface area contributed by atoms with Crippen molar-refractivity contribution in [3.05, 3.63) is 0 Å². The first-order chi connectivity index (χ1) is 13.9. The predicted octanol–water partition coefficient (Wildman–Crippen LogP) is 5.88. The molecule has 2 heteroatoms. The van der Waals surface area contributed by atoms with Gasteiger partial charge in [-0.05, 0) is 93.8 Å². The van der Waals surface area contributed by atoms with Gasteiger partial charge >= 0.3 is 0 Å². The van der Waals surface area contributed by atoms with Gasteiger partial charge in [0, 0.05) is 23.5 Å². The van der Waals surface area contributed by atoms with Crippen LogP contribution < -0.4 is 0 Å². The minimum absolute atomic E-state index is 0.0755. The highest BCUT2D eigenvalue weighted by Crippen LogP contribution is 2.65. The van der Waals surface area contributed by atoms with Crippen LogP contribution in [0.3, 0.4) is 0 Å². The van der Waals surface area contributed by atoms with Gasteiger partial charge in [-0.3, -0.25) is 4.90 Å². The first-order valence-corrected chi connectivity index (χ1v) is 12.8. The van der Waals surface area contributed by atoms with E-state index in [0.717, 1.165) is 24.3 Å².